The molecule has 1 heterocycles. The Bertz CT molecular complexity index is 1700. The number of aliphatic hydroxyl groups is 1. The molecule has 1 saturated heterocycles. The third-order valence-corrected chi connectivity index (χ3v) is 13.1. The summed E-state index contributed by atoms with van der Waals surface area (Å²) in [6.07, 6.45) is 20.6. The van der Waals surface area contributed by atoms with E-state index in [4.69, 9.17) is 36.9 Å². The number of rotatable bonds is 26. The van der Waals surface area contributed by atoms with Crippen molar-refractivity contribution in [3.05, 3.63) is 51.6 Å². The molecule has 0 bridgehead atoms. The number of unbranched alkanes of at least 4 members (excludes halogenated alkanes) is 13. The molecule has 0 aromatic heterocycles. The van der Waals surface area contributed by atoms with E-state index in [0.717, 1.165) is 29.1 Å². The second kappa shape index (κ2) is 29.0. The number of nitrogens with zero attached hydrogens (tertiary/aromatic N) is 1. The number of aliphatic hydroxyl groups excluding tert-OH is 1. The highest BCUT2D eigenvalue weighted by Gasteiger charge is 2.47. The predicted octanol–water partition coefficient (Wildman–Crippen LogP) is 8.70. The van der Waals surface area contributed by atoms with Gasteiger partial charge in [-0.3, -0.25) is 14.6 Å². The smallest absolute Gasteiger partial charge is 0.321 e. The van der Waals surface area contributed by atoms with E-state index in [1.165, 1.54) is 83.5 Å². The normalized spacial score (nSPS) is 17.9. The van der Waals surface area contributed by atoms with Crippen molar-refractivity contribution in [1.29, 1.82) is 0 Å². The van der Waals surface area contributed by atoms with Crippen LogP contribution >= 0.6 is 0 Å². The van der Waals surface area contributed by atoms with Crippen molar-refractivity contribution >= 4 is 27.9 Å². The van der Waals surface area contributed by atoms with E-state index in [9.17, 15) is 23.1 Å². The molecule has 0 radical (unpaired) electrons. The molecule has 63 heavy (non-hydrogen) atoms. The minimum atomic E-state index is -4.01. The summed E-state index contributed by atoms with van der Waals surface area (Å²) >= 11 is 0. The van der Waals surface area contributed by atoms with Gasteiger partial charge in [-0.15, -0.1) is 0 Å². The molecule has 0 spiro atoms. The fourth-order valence-corrected chi connectivity index (χ4v) is 9.75. The minimum absolute atomic E-state index is 0.0505. The van der Waals surface area contributed by atoms with Crippen LogP contribution in [0.25, 0.3) is 0 Å². The van der Waals surface area contributed by atoms with Gasteiger partial charge in [-0.05, 0) is 109 Å². The summed E-state index contributed by atoms with van der Waals surface area (Å²) in [5.41, 5.74) is 17.7. The molecule has 0 saturated carbocycles. The molecule has 362 valence electrons. The Morgan fingerprint density at radius 2 is 1.38 bits per heavy atom. The van der Waals surface area contributed by atoms with Crippen LogP contribution in [0.5, 0.6) is 5.75 Å². The average Bonchev–Trinajstić information content (AvgIpc) is 3.53. The summed E-state index contributed by atoms with van der Waals surface area (Å²) < 4.78 is 40.5. The van der Waals surface area contributed by atoms with Gasteiger partial charge in [0.15, 0.2) is 5.96 Å². The Kier molecular flexibility index (Phi) is 26.4. The number of benzene rings is 1. The lowest BCUT2D eigenvalue weighted by Crippen LogP contribution is -2.43. The molecule has 1 aromatic carbocycles. The van der Waals surface area contributed by atoms with Crippen LogP contribution in [-0.2, 0) is 30.8 Å². The molecule has 1 aliphatic carbocycles. The summed E-state index contributed by atoms with van der Waals surface area (Å²) in [7, 11) is -4.01. The fraction of sp³-hybridized carbons (Fsp3) is 0.729. The molecule has 1 aliphatic heterocycles. The SMILES string of the molecule is CC(C)(C)Oc1ccc(CC(N)C(=O)O)cc1.CC1=C2OC(C)(C)CC2C(C)C(S(=O)(=O)NC(CCCN=C(N)N)C(=O)O)=C1C.CCCCCCCCCCCCCCCCO. The highest BCUT2D eigenvalue weighted by Crippen LogP contribution is 2.50. The van der Waals surface area contributed by atoms with Gasteiger partial charge in [0.05, 0.1) is 4.91 Å². The number of ether oxygens (including phenoxy) is 2. The first-order chi connectivity index (χ1) is 29.5. The second-order valence-corrected chi connectivity index (χ2v) is 20.4. The number of hydrogen-bond donors (Lipinski definition) is 7. The van der Waals surface area contributed by atoms with E-state index in [1.807, 2.05) is 72.7 Å². The Balaban J connectivity index is 0.000000504. The molecule has 15 heteroatoms. The molecule has 10 N–H and O–H groups in total. The Hall–Kier alpha value is -3.66. The molecule has 1 aromatic rings. The topological polar surface area (TPSA) is 250 Å². The van der Waals surface area contributed by atoms with Crippen molar-refractivity contribution in [2.75, 3.05) is 13.2 Å². The monoisotopic (exact) mass is 908 g/mol. The van der Waals surface area contributed by atoms with E-state index in [1.54, 1.807) is 6.92 Å². The maximum atomic E-state index is 13.2. The molecule has 3 rings (SSSR count). The first-order valence-electron chi connectivity index (χ1n) is 23.2. The van der Waals surface area contributed by atoms with Gasteiger partial charge in [-0.25, -0.2) is 8.42 Å². The Labute approximate surface area is 380 Å². The summed E-state index contributed by atoms with van der Waals surface area (Å²) in [6, 6.07) is 5.21. The molecular weight excluding hydrogens is 823 g/mol. The predicted molar refractivity (Wildman–Crippen MR) is 255 cm³/mol. The second-order valence-electron chi connectivity index (χ2n) is 18.7. The number of hydrogen-bond acceptors (Lipinski definition) is 9. The van der Waals surface area contributed by atoms with Crippen LogP contribution in [0.2, 0.25) is 0 Å². The molecule has 4 atom stereocenters. The van der Waals surface area contributed by atoms with Crippen LogP contribution in [0.15, 0.2) is 51.1 Å². The maximum Gasteiger partial charge on any atom is 0.321 e. The summed E-state index contributed by atoms with van der Waals surface area (Å²) in [4.78, 5) is 26.3. The van der Waals surface area contributed by atoms with Crippen LogP contribution in [-0.4, -0.2) is 78.1 Å². The van der Waals surface area contributed by atoms with Gasteiger partial charge >= 0.3 is 11.9 Å². The summed E-state index contributed by atoms with van der Waals surface area (Å²) in [5, 5.41) is 26.8. The molecule has 0 amide bonds. The highest BCUT2D eigenvalue weighted by molar-refractivity contribution is 7.93. The van der Waals surface area contributed by atoms with Crippen LogP contribution in [0.1, 0.15) is 177 Å². The van der Waals surface area contributed by atoms with Gasteiger partial charge in [-0.2, -0.15) is 4.72 Å². The van der Waals surface area contributed by atoms with Crippen LogP contribution < -0.4 is 26.7 Å². The number of aliphatic imine (C=N–C) groups is 1. The number of fused-ring (bicyclic) bond motifs is 1. The first-order valence-corrected chi connectivity index (χ1v) is 24.7. The van der Waals surface area contributed by atoms with Gasteiger partial charge in [-0.1, -0.05) is 109 Å². The number of carbonyl (C=O) groups is 2. The number of guanidine groups is 1. The largest absolute Gasteiger partial charge is 0.492 e. The van der Waals surface area contributed by atoms with Gasteiger partial charge in [0.1, 0.15) is 34.8 Å². The number of aliphatic carboxylic acids is 2. The van der Waals surface area contributed by atoms with E-state index in [2.05, 4.69) is 16.6 Å². The van der Waals surface area contributed by atoms with Crippen LogP contribution in [0.4, 0.5) is 0 Å². The van der Waals surface area contributed by atoms with Crippen LogP contribution in [0, 0.1) is 11.8 Å². The lowest BCUT2D eigenvalue weighted by Gasteiger charge is -2.31. The van der Waals surface area contributed by atoms with Gasteiger partial charge in [0, 0.05) is 25.0 Å². The van der Waals surface area contributed by atoms with Crippen molar-refractivity contribution in [2.45, 2.75) is 201 Å². The maximum absolute atomic E-state index is 13.2. The lowest BCUT2D eigenvalue weighted by molar-refractivity contribution is -0.139. The number of nitrogens with two attached hydrogens (primary N) is 3. The fourth-order valence-electron chi connectivity index (χ4n) is 7.82. The van der Waals surface area contributed by atoms with Crippen molar-refractivity contribution in [2.24, 2.45) is 34.0 Å². The minimum Gasteiger partial charge on any atom is -0.492 e. The van der Waals surface area contributed by atoms with Crippen molar-refractivity contribution in [3.63, 3.8) is 0 Å². The standard InChI is InChI=1S/C19H32N4O5S.C16H34O.C13H19NO3/c1-10-11(2)16(12(3)13-9-19(4,5)28-15(10)13)29(26,27)23-14(17(24)25)7-6-8-22-18(20)21;1-2-3-4-5-6-7-8-9-10-11-12-13-14-15-16-17;1-13(2,3)17-10-6-4-9(5-7-10)8-11(14)12(15)16/h12-14,23H,6-9H2,1-5H3,(H,24,25)(H4,20,21,22);17H,2-16H2,1H3;4-7,11H,8,14H2,1-3H3,(H,15,16). The van der Waals surface area contributed by atoms with Crippen molar-refractivity contribution in [1.82, 2.24) is 4.72 Å². The lowest BCUT2D eigenvalue weighted by atomic mass is 9.79. The summed E-state index contributed by atoms with van der Waals surface area (Å²) in [5.74, 6) is -1.07. The third kappa shape index (κ3) is 23.2. The molecule has 2 aliphatic rings. The van der Waals surface area contributed by atoms with Crippen LogP contribution in [0.3, 0.4) is 0 Å². The van der Waals surface area contributed by atoms with Crippen molar-refractivity contribution < 1.29 is 42.8 Å². The number of carboxylic acid groups (broad SMARTS) is 2. The number of sulfonamides is 1. The van der Waals surface area contributed by atoms with Crippen molar-refractivity contribution in [3.8, 4) is 5.75 Å². The van der Waals surface area contributed by atoms with E-state index in [0.29, 0.717) is 31.4 Å². The average molecular weight is 908 g/mol. The number of carboxylic acids is 2. The van der Waals surface area contributed by atoms with E-state index >= 15 is 0 Å². The Morgan fingerprint density at radius 3 is 1.83 bits per heavy atom. The zero-order valence-corrected chi connectivity index (χ0v) is 41.0. The van der Waals surface area contributed by atoms with Gasteiger partial charge in [0.25, 0.3) is 0 Å². The zero-order valence-electron chi connectivity index (χ0n) is 40.1. The molecule has 14 nitrogen and oxygen atoms in total. The van der Waals surface area contributed by atoms with Gasteiger partial charge in [0.2, 0.25) is 10.0 Å². The van der Waals surface area contributed by atoms with Gasteiger partial charge < -0.3 is 42.0 Å². The summed E-state index contributed by atoms with van der Waals surface area (Å²) in [6.45, 7) is 18.2. The zero-order chi connectivity index (χ0) is 47.8. The Morgan fingerprint density at radius 1 is 0.873 bits per heavy atom. The first kappa shape index (κ1) is 57.4. The number of allylic oxidation sites excluding steroid dienone is 4. The molecular formula is C48H85N5O9S. The molecule has 1 fully saturated rings. The quantitative estimate of drug-likeness (QED) is 0.0262. The highest BCUT2D eigenvalue weighted by atomic mass is 32.2. The third-order valence-electron chi connectivity index (χ3n) is 11.2. The van der Waals surface area contributed by atoms with E-state index in [-0.39, 0.29) is 46.9 Å². The molecule has 4 unspecified atom stereocenters. The number of nitrogens with one attached hydrogen (secondary N) is 1. The van der Waals surface area contributed by atoms with E-state index < -0.39 is 34.0 Å².